The van der Waals surface area contributed by atoms with Crippen LogP contribution in [0.5, 0.6) is 11.5 Å². The Labute approximate surface area is 133 Å². The lowest BCUT2D eigenvalue weighted by atomic mass is 10.1. The molecule has 5 heteroatoms. The average molecular weight is 407 g/mol. The van der Waals surface area contributed by atoms with Crippen LogP contribution in [0.1, 0.15) is 18.6 Å². The quantitative estimate of drug-likeness (QED) is 0.707. The number of halogens is 3. The predicted molar refractivity (Wildman–Crippen MR) is 84.0 cm³/mol. The average Bonchev–Trinajstić information content (AvgIpc) is 2.33. The van der Waals surface area contributed by atoms with Crippen molar-refractivity contribution in [1.82, 2.24) is 0 Å². The monoisotopic (exact) mass is 404 g/mol. The van der Waals surface area contributed by atoms with Gasteiger partial charge in [-0.1, -0.05) is 49.5 Å². The highest BCUT2D eigenvalue weighted by Gasteiger charge is 2.12. The van der Waals surface area contributed by atoms with Crippen molar-refractivity contribution in [2.24, 2.45) is 0 Å². The molecule has 0 fully saturated rings. The van der Waals surface area contributed by atoms with Gasteiger partial charge in [0.05, 0.1) is 11.1 Å². The van der Waals surface area contributed by atoms with Crippen molar-refractivity contribution in [3.63, 3.8) is 0 Å². The minimum Gasteiger partial charge on any atom is -0.455 e. The maximum Gasteiger partial charge on any atom is 0.147 e. The zero-order valence-electron chi connectivity index (χ0n) is 10.0. The van der Waals surface area contributed by atoms with Crippen LogP contribution in [-0.2, 0) is 0 Å². The molecule has 0 saturated carbocycles. The summed E-state index contributed by atoms with van der Waals surface area (Å²) in [6, 6.07) is 10.9. The third-order valence-corrected chi connectivity index (χ3v) is 3.84. The Morgan fingerprint density at radius 2 is 1.63 bits per heavy atom. The molecule has 1 atom stereocenters. The van der Waals surface area contributed by atoms with Gasteiger partial charge in [0.25, 0.3) is 0 Å². The van der Waals surface area contributed by atoms with Crippen LogP contribution in [0.3, 0.4) is 0 Å². The van der Waals surface area contributed by atoms with Crippen LogP contribution in [0.2, 0.25) is 5.02 Å². The molecular formula is C14H11Br2ClO2. The number of aliphatic hydroxyl groups is 1. The van der Waals surface area contributed by atoms with Gasteiger partial charge in [-0.25, -0.2) is 0 Å². The molecule has 0 aliphatic heterocycles. The first-order valence-corrected chi connectivity index (χ1v) is 7.54. The molecule has 0 aromatic heterocycles. The number of benzene rings is 2. The fraction of sp³-hybridized carbons (Fsp3) is 0.143. The molecule has 2 rings (SSSR count). The SMILES string of the molecule is CC(O)c1ccc(Br)cc1Oc1cc(Br)ccc1Cl. The van der Waals surface area contributed by atoms with Crippen LogP contribution in [0.4, 0.5) is 0 Å². The van der Waals surface area contributed by atoms with Crippen molar-refractivity contribution < 1.29 is 9.84 Å². The fourth-order valence-corrected chi connectivity index (χ4v) is 2.45. The molecule has 2 aromatic rings. The first-order valence-electron chi connectivity index (χ1n) is 5.58. The van der Waals surface area contributed by atoms with Crippen molar-refractivity contribution in [2.75, 3.05) is 0 Å². The summed E-state index contributed by atoms with van der Waals surface area (Å²) < 4.78 is 7.56. The summed E-state index contributed by atoms with van der Waals surface area (Å²) in [5.41, 5.74) is 0.708. The lowest BCUT2D eigenvalue weighted by Gasteiger charge is -2.14. The van der Waals surface area contributed by atoms with E-state index in [2.05, 4.69) is 31.9 Å². The molecule has 1 N–H and O–H groups in total. The van der Waals surface area contributed by atoms with E-state index in [0.717, 1.165) is 8.95 Å². The van der Waals surface area contributed by atoms with Crippen LogP contribution < -0.4 is 4.74 Å². The maximum absolute atomic E-state index is 9.76. The Hall–Kier alpha value is -0.550. The zero-order chi connectivity index (χ0) is 14.0. The largest absolute Gasteiger partial charge is 0.455 e. The third-order valence-electron chi connectivity index (χ3n) is 2.54. The molecule has 100 valence electrons. The number of rotatable bonds is 3. The van der Waals surface area contributed by atoms with Crippen molar-refractivity contribution in [3.8, 4) is 11.5 Å². The second-order valence-corrected chi connectivity index (χ2v) is 6.27. The Kier molecular flexibility index (Phi) is 4.90. The lowest BCUT2D eigenvalue weighted by molar-refractivity contribution is 0.195. The highest BCUT2D eigenvalue weighted by molar-refractivity contribution is 9.10. The Bertz CT molecular complexity index is 600. The summed E-state index contributed by atoms with van der Waals surface area (Å²) in [6.07, 6.45) is -0.617. The summed E-state index contributed by atoms with van der Waals surface area (Å²) in [6.45, 7) is 1.69. The van der Waals surface area contributed by atoms with E-state index in [1.165, 1.54) is 0 Å². The molecule has 0 spiro atoms. The summed E-state index contributed by atoms with van der Waals surface area (Å²) in [7, 11) is 0. The van der Waals surface area contributed by atoms with Gasteiger partial charge >= 0.3 is 0 Å². The van der Waals surface area contributed by atoms with Gasteiger partial charge in [-0.15, -0.1) is 0 Å². The minimum absolute atomic E-state index is 0.514. The number of ether oxygens (including phenoxy) is 1. The summed E-state index contributed by atoms with van der Waals surface area (Å²) in [5.74, 6) is 1.11. The van der Waals surface area contributed by atoms with Crippen LogP contribution in [0.25, 0.3) is 0 Å². The van der Waals surface area contributed by atoms with Gasteiger partial charge in [0.15, 0.2) is 0 Å². The second kappa shape index (κ2) is 6.27. The molecule has 1 unspecified atom stereocenters. The standard InChI is InChI=1S/C14H11Br2ClO2/c1-8(18)11-4-2-9(15)6-13(11)19-14-7-10(16)3-5-12(14)17/h2-8,18H,1H3. The number of hydrogen-bond donors (Lipinski definition) is 1. The predicted octanol–water partition coefficient (Wildman–Crippen LogP) is 5.71. The molecule has 19 heavy (non-hydrogen) atoms. The van der Waals surface area contributed by atoms with Crippen LogP contribution >= 0.6 is 43.5 Å². The molecule has 0 saturated heterocycles. The molecule has 0 bridgehead atoms. The van der Waals surface area contributed by atoms with E-state index in [-0.39, 0.29) is 0 Å². The lowest BCUT2D eigenvalue weighted by Crippen LogP contribution is -1.96. The molecular weight excluding hydrogens is 395 g/mol. The molecule has 2 aromatic carbocycles. The molecule has 0 radical (unpaired) electrons. The summed E-state index contributed by atoms with van der Waals surface area (Å²) in [5, 5.41) is 10.3. The maximum atomic E-state index is 9.76. The van der Waals surface area contributed by atoms with Gasteiger partial charge in [-0.3, -0.25) is 0 Å². The van der Waals surface area contributed by atoms with E-state index in [1.807, 2.05) is 18.2 Å². The Morgan fingerprint density at radius 1 is 1.05 bits per heavy atom. The van der Waals surface area contributed by atoms with Crippen molar-refractivity contribution in [1.29, 1.82) is 0 Å². The number of hydrogen-bond acceptors (Lipinski definition) is 2. The third kappa shape index (κ3) is 3.72. The van der Waals surface area contributed by atoms with Crippen molar-refractivity contribution >= 4 is 43.5 Å². The smallest absolute Gasteiger partial charge is 0.147 e. The molecule has 0 aliphatic carbocycles. The van der Waals surface area contributed by atoms with Crippen molar-refractivity contribution in [3.05, 3.63) is 55.9 Å². The van der Waals surface area contributed by atoms with Gasteiger partial charge in [-0.05, 0) is 37.3 Å². The van der Waals surface area contributed by atoms with Gasteiger partial charge < -0.3 is 9.84 Å². The second-order valence-electron chi connectivity index (χ2n) is 4.03. The molecule has 0 amide bonds. The molecule has 0 heterocycles. The normalized spacial score (nSPS) is 12.3. The van der Waals surface area contributed by atoms with Crippen LogP contribution in [0, 0.1) is 0 Å². The van der Waals surface area contributed by atoms with Gasteiger partial charge in [0.1, 0.15) is 11.5 Å². The topological polar surface area (TPSA) is 29.5 Å². The van der Waals surface area contributed by atoms with Gasteiger partial charge in [-0.2, -0.15) is 0 Å². The molecule has 2 nitrogen and oxygen atoms in total. The highest BCUT2D eigenvalue weighted by atomic mass is 79.9. The van der Waals surface area contributed by atoms with Gasteiger partial charge in [0.2, 0.25) is 0 Å². The highest BCUT2D eigenvalue weighted by Crippen LogP contribution is 2.36. The van der Waals surface area contributed by atoms with E-state index in [9.17, 15) is 5.11 Å². The van der Waals surface area contributed by atoms with Crippen LogP contribution in [-0.4, -0.2) is 5.11 Å². The minimum atomic E-state index is -0.617. The summed E-state index contributed by atoms with van der Waals surface area (Å²) >= 11 is 12.9. The van der Waals surface area contributed by atoms with E-state index in [4.69, 9.17) is 16.3 Å². The Balaban J connectivity index is 2.42. The summed E-state index contributed by atoms with van der Waals surface area (Å²) in [4.78, 5) is 0. The molecule has 0 aliphatic rings. The zero-order valence-corrected chi connectivity index (χ0v) is 14.0. The van der Waals surface area contributed by atoms with E-state index < -0.39 is 6.10 Å². The first kappa shape index (κ1) is 14.9. The van der Waals surface area contributed by atoms with E-state index >= 15 is 0 Å². The number of aliphatic hydroxyl groups excluding tert-OH is 1. The Morgan fingerprint density at radius 3 is 2.26 bits per heavy atom. The van der Waals surface area contributed by atoms with Gasteiger partial charge in [0, 0.05) is 14.5 Å². The van der Waals surface area contributed by atoms with Crippen molar-refractivity contribution in [2.45, 2.75) is 13.0 Å². The first-order chi connectivity index (χ1) is 8.97. The van der Waals surface area contributed by atoms with E-state index in [1.54, 1.807) is 25.1 Å². The van der Waals surface area contributed by atoms with Crippen LogP contribution in [0.15, 0.2) is 45.3 Å². The van der Waals surface area contributed by atoms with E-state index in [0.29, 0.717) is 22.1 Å². The fourth-order valence-electron chi connectivity index (χ4n) is 1.62.